The van der Waals surface area contributed by atoms with Crippen LogP contribution in [0.25, 0.3) is 0 Å². The third-order valence-electron chi connectivity index (χ3n) is 2.03. The normalized spacial score (nSPS) is 16.5. The summed E-state index contributed by atoms with van der Waals surface area (Å²) < 4.78 is 37.7. The van der Waals surface area contributed by atoms with Crippen LogP contribution in [0.4, 0.5) is 13.2 Å². The third kappa shape index (κ3) is 5.56. The molecule has 1 N–H and O–H groups in total. The molecule has 0 heterocycles. The van der Waals surface area contributed by atoms with Gasteiger partial charge in [0.05, 0.1) is 0 Å². The van der Waals surface area contributed by atoms with Crippen LogP contribution in [-0.4, -0.2) is 18.1 Å². The van der Waals surface area contributed by atoms with Crippen molar-refractivity contribution in [1.82, 2.24) is 5.32 Å². The van der Waals surface area contributed by atoms with Gasteiger partial charge >= 0.3 is 6.18 Å². The van der Waals surface area contributed by atoms with E-state index in [0.717, 1.165) is 13.3 Å². The molecule has 0 aromatic rings. The number of carbonyl (C=O) groups excluding carboxylic acids is 1. The minimum Gasteiger partial charge on any atom is -0.341 e. The quantitative estimate of drug-likeness (QED) is 0.798. The van der Waals surface area contributed by atoms with E-state index in [0.29, 0.717) is 6.42 Å². The van der Waals surface area contributed by atoms with Crippen molar-refractivity contribution in [2.75, 3.05) is 0 Å². The van der Waals surface area contributed by atoms with Crippen LogP contribution in [0.5, 0.6) is 0 Å². The maximum Gasteiger partial charge on any atom is 0.412 e. The SMILES string of the molecule is CC.CC(=O)N[C@H](C1=CCCC=C1)C(F)(F)F.[HH]. The summed E-state index contributed by atoms with van der Waals surface area (Å²) in [6, 6.07) is -1.88. The zero-order chi connectivity index (χ0) is 13.5. The highest BCUT2D eigenvalue weighted by atomic mass is 19.4. The minimum atomic E-state index is -4.45. The van der Waals surface area contributed by atoms with E-state index in [1.807, 2.05) is 19.2 Å². The lowest BCUT2D eigenvalue weighted by molar-refractivity contribution is -0.153. The number of rotatable bonds is 2. The largest absolute Gasteiger partial charge is 0.412 e. The Balaban J connectivity index is 0. The number of allylic oxidation sites excluding steroid dienone is 2. The second-order valence-corrected chi connectivity index (χ2v) is 3.36. The standard InChI is InChI=1S/C10H12F3NO.C2H6.H2/c1-7(15)14-9(10(11,12)13)8-5-3-2-4-6-8;1-2;/h3,5-6,9H,2,4H2,1H3,(H,14,15);1-2H3;1H/t9-;;/m1../s1. The van der Waals surface area contributed by atoms with Crippen molar-refractivity contribution in [3.8, 4) is 0 Å². The van der Waals surface area contributed by atoms with Gasteiger partial charge < -0.3 is 5.32 Å². The Morgan fingerprint density at radius 2 is 2.00 bits per heavy atom. The predicted octanol–water partition coefficient (Wildman–Crippen LogP) is 3.60. The fraction of sp³-hybridized carbons (Fsp3) is 0.583. The molecule has 1 amide bonds. The zero-order valence-corrected chi connectivity index (χ0v) is 10.3. The summed E-state index contributed by atoms with van der Waals surface area (Å²) >= 11 is 0. The van der Waals surface area contributed by atoms with Gasteiger partial charge in [0.1, 0.15) is 0 Å². The van der Waals surface area contributed by atoms with Crippen molar-refractivity contribution in [2.24, 2.45) is 0 Å². The van der Waals surface area contributed by atoms with Crippen LogP contribution in [-0.2, 0) is 4.79 Å². The average molecular weight is 251 g/mol. The van der Waals surface area contributed by atoms with E-state index in [9.17, 15) is 18.0 Å². The minimum absolute atomic E-state index is 0. The first-order valence-electron chi connectivity index (χ1n) is 5.61. The van der Waals surface area contributed by atoms with Crippen LogP contribution < -0.4 is 5.32 Å². The molecule has 0 aromatic heterocycles. The molecule has 0 fully saturated rings. The third-order valence-corrected chi connectivity index (χ3v) is 2.03. The molecule has 2 nitrogen and oxygen atoms in total. The Morgan fingerprint density at radius 3 is 2.35 bits per heavy atom. The number of nitrogens with one attached hydrogen (secondary N) is 1. The molecule has 0 unspecified atom stereocenters. The Hall–Kier alpha value is -1.26. The van der Waals surface area contributed by atoms with Crippen molar-refractivity contribution in [3.05, 3.63) is 23.8 Å². The summed E-state index contributed by atoms with van der Waals surface area (Å²) in [6.07, 6.45) is 1.48. The molecule has 0 saturated carbocycles. The average Bonchev–Trinajstić information content (AvgIpc) is 2.28. The molecule has 1 aliphatic carbocycles. The van der Waals surface area contributed by atoms with Gasteiger partial charge in [-0.2, -0.15) is 13.2 Å². The lowest BCUT2D eigenvalue weighted by Gasteiger charge is -2.23. The van der Waals surface area contributed by atoms with Gasteiger partial charge in [-0.1, -0.05) is 32.1 Å². The van der Waals surface area contributed by atoms with E-state index < -0.39 is 18.1 Å². The number of alkyl halides is 3. The molecule has 17 heavy (non-hydrogen) atoms. The summed E-state index contributed by atoms with van der Waals surface area (Å²) in [5.41, 5.74) is 0.115. The molecule has 100 valence electrons. The Kier molecular flexibility index (Phi) is 6.61. The molecule has 0 aromatic carbocycles. The smallest absolute Gasteiger partial charge is 0.341 e. The Morgan fingerprint density at radius 1 is 1.41 bits per heavy atom. The van der Waals surface area contributed by atoms with Gasteiger partial charge in [-0.05, 0) is 18.4 Å². The van der Waals surface area contributed by atoms with E-state index in [-0.39, 0.29) is 7.00 Å². The van der Waals surface area contributed by atoms with Gasteiger partial charge in [0.25, 0.3) is 0 Å². The van der Waals surface area contributed by atoms with Crippen LogP contribution in [0.2, 0.25) is 0 Å². The van der Waals surface area contributed by atoms with Crippen LogP contribution in [0.1, 0.15) is 35.0 Å². The Bertz CT molecular complexity index is 311. The topological polar surface area (TPSA) is 29.1 Å². The second kappa shape index (κ2) is 7.14. The predicted molar refractivity (Wildman–Crippen MR) is 63.6 cm³/mol. The molecule has 0 saturated heterocycles. The van der Waals surface area contributed by atoms with Crippen LogP contribution in [0.15, 0.2) is 23.8 Å². The fourth-order valence-corrected chi connectivity index (χ4v) is 1.41. The van der Waals surface area contributed by atoms with E-state index in [1.54, 1.807) is 6.08 Å². The number of amides is 1. The molecular weight excluding hydrogens is 231 g/mol. The highest BCUT2D eigenvalue weighted by Crippen LogP contribution is 2.28. The monoisotopic (exact) mass is 251 g/mol. The summed E-state index contributed by atoms with van der Waals surface area (Å²) in [5, 5.41) is 1.91. The first kappa shape index (κ1) is 15.7. The van der Waals surface area contributed by atoms with E-state index in [4.69, 9.17) is 0 Å². The van der Waals surface area contributed by atoms with Crippen molar-refractivity contribution in [3.63, 3.8) is 0 Å². The maximum absolute atomic E-state index is 12.6. The first-order chi connectivity index (χ1) is 7.91. The number of carbonyl (C=O) groups is 1. The van der Waals surface area contributed by atoms with Crippen LogP contribution in [0, 0.1) is 0 Å². The fourth-order valence-electron chi connectivity index (χ4n) is 1.41. The number of hydrogen-bond acceptors (Lipinski definition) is 1. The number of halogens is 3. The highest BCUT2D eigenvalue weighted by Gasteiger charge is 2.42. The summed E-state index contributed by atoms with van der Waals surface area (Å²) in [4.78, 5) is 10.7. The summed E-state index contributed by atoms with van der Waals surface area (Å²) in [7, 11) is 0. The van der Waals surface area contributed by atoms with Gasteiger partial charge in [-0.3, -0.25) is 4.79 Å². The van der Waals surface area contributed by atoms with Crippen LogP contribution in [0.3, 0.4) is 0 Å². The lowest BCUT2D eigenvalue weighted by atomic mass is 10.00. The van der Waals surface area contributed by atoms with Gasteiger partial charge in [-0.15, -0.1) is 0 Å². The molecule has 1 atom stereocenters. The summed E-state index contributed by atoms with van der Waals surface area (Å²) in [6.45, 7) is 5.08. The van der Waals surface area contributed by atoms with Crippen molar-refractivity contribution >= 4 is 5.91 Å². The van der Waals surface area contributed by atoms with E-state index in [2.05, 4.69) is 0 Å². The first-order valence-corrected chi connectivity index (χ1v) is 5.61. The van der Waals surface area contributed by atoms with Gasteiger partial charge in [0.2, 0.25) is 5.91 Å². The van der Waals surface area contributed by atoms with Gasteiger partial charge in [0.15, 0.2) is 6.04 Å². The van der Waals surface area contributed by atoms with Crippen LogP contribution >= 0.6 is 0 Å². The highest BCUT2D eigenvalue weighted by molar-refractivity contribution is 5.74. The second-order valence-electron chi connectivity index (χ2n) is 3.36. The number of hydrogen-bond donors (Lipinski definition) is 1. The summed E-state index contributed by atoms with van der Waals surface area (Å²) in [5.74, 6) is -0.683. The molecule has 5 heteroatoms. The zero-order valence-electron chi connectivity index (χ0n) is 10.3. The van der Waals surface area contributed by atoms with E-state index in [1.165, 1.54) is 12.2 Å². The molecular formula is C12H20F3NO. The van der Waals surface area contributed by atoms with E-state index >= 15 is 0 Å². The van der Waals surface area contributed by atoms with Crippen molar-refractivity contribution in [1.29, 1.82) is 0 Å². The Labute approximate surface area is 101 Å². The molecule has 1 rings (SSSR count). The molecule has 0 spiro atoms. The molecule has 1 aliphatic rings. The van der Waals surface area contributed by atoms with Crippen molar-refractivity contribution < 1.29 is 19.4 Å². The maximum atomic E-state index is 12.6. The van der Waals surface area contributed by atoms with Crippen molar-refractivity contribution in [2.45, 2.75) is 45.8 Å². The molecule has 0 radical (unpaired) electrons. The molecule has 0 bridgehead atoms. The van der Waals surface area contributed by atoms with Gasteiger partial charge in [-0.25, -0.2) is 0 Å². The molecule has 0 aliphatic heterocycles. The van der Waals surface area contributed by atoms with Gasteiger partial charge in [0, 0.05) is 8.35 Å². The lowest BCUT2D eigenvalue weighted by Crippen LogP contribution is -2.45.